The fraction of sp³-hybridized carbons (Fsp3) is 0.471. The van der Waals surface area contributed by atoms with Crippen LogP contribution in [0.15, 0.2) is 23.6 Å². The highest BCUT2D eigenvalue weighted by Crippen LogP contribution is 2.23. The lowest BCUT2D eigenvalue weighted by Gasteiger charge is -2.35. The Labute approximate surface area is 168 Å². The van der Waals surface area contributed by atoms with E-state index >= 15 is 0 Å². The van der Waals surface area contributed by atoms with Gasteiger partial charge in [-0.3, -0.25) is 4.90 Å². The number of hydrogen-bond donors (Lipinski definition) is 0. The van der Waals surface area contributed by atoms with E-state index in [9.17, 15) is 12.8 Å². The van der Waals surface area contributed by atoms with Gasteiger partial charge in [-0.15, -0.1) is 11.3 Å². The van der Waals surface area contributed by atoms with Gasteiger partial charge in [0, 0.05) is 62.3 Å². The number of rotatable bonds is 6. The van der Waals surface area contributed by atoms with Crippen LogP contribution in [0, 0.1) is 12.7 Å². The van der Waals surface area contributed by atoms with Gasteiger partial charge in [-0.25, -0.2) is 9.37 Å². The van der Waals surface area contributed by atoms with Crippen LogP contribution in [0.1, 0.15) is 16.3 Å². The summed E-state index contributed by atoms with van der Waals surface area (Å²) in [5.41, 5.74) is 1.20. The molecule has 3 rings (SSSR count). The third kappa shape index (κ3) is 4.85. The number of benzene rings is 1. The average Bonchev–Trinajstić information content (AvgIpc) is 3.03. The molecule has 2 aromatic rings. The van der Waals surface area contributed by atoms with Gasteiger partial charge < -0.3 is 0 Å². The molecule has 0 amide bonds. The van der Waals surface area contributed by atoms with E-state index in [1.807, 2.05) is 12.3 Å². The Balaban J connectivity index is 1.60. The number of thiazole rings is 1. The molecule has 0 saturated carbocycles. The topological polar surface area (TPSA) is 56.8 Å². The van der Waals surface area contributed by atoms with E-state index in [0.29, 0.717) is 26.2 Å². The molecular formula is C17H22ClFN4O2S2. The smallest absolute Gasteiger partial charge is 0.282 e. The average molecular weight is 433 g/mol. The Morgan fingerprint density at radius 2 is 2.00 bits per heavy atom. The van der Waals surface area contributed by atoms with Gasteiger partial charge in [0.05, 0.1) is 10.7 Å². The summed E-state index contributed by atoms with van der Waals surface area (Å²) in [6.07, 6.45) is 0. The Morgan fingerprint density at radius 3 is 2.59 bits per heavy atom. The van der Waals surface area contributed by atoms with Gasteiger partial charge in [0.2, 0.25) is 0 Å². The van der Waals surface area contributed by atoms with Crippen molar-refractivity contribution < 1.29 is 12.8 Å². The van der Waals surface area contributed by atoms with Crippen molar-refractivity contribution in [1.82, 2.24) is 18.5 Å². The van der Waals surface area contributed by atoms with Gasteiger partial charge in [0.1, 0.15) is 5.82 Å². The monoisotopic (exact) mass is 432 g/mol. The number of hydrogen-bond acceptors (Lipinski definition) is 5. The van der Waals surface area contributed by atoms with Crippen LogP contribution in [-0.4, -0.2) is 60.1 Å². The van der Waals surface area contributed by atoms with Crippen molar-refractivity contribution in [2.24, 2.45) is 0 Å². The van der Waals surface area contributed by atoms with Gasteiger partial charge >= 0.3 is 0 Å². The summed E-state index contributed by atoms with van der Waals surface area (Å²) in [7, 11) is -2.24. The summed E-state index contributed by atoms with van der Waals surface area (Å²) < 4.78 is 42.2. The standard InChI is InChI=1S/C17H22ClFN4O2S2/c1-13-20-14(12-26-13)10-22-6-8-23(9-7-22)27(24,25)21(2)11-15-16(18)4-3-5-17(15)19/h3-5,12H,6-11H2,1-2H3. The van der Waals surface area contributed by atoms with E-state index in [-0.39, 0.29) is 17.1 Å². The van der Waals surface area contributed by atoms with Crippen molar-refractivity contribution in [3.63, 3.8) is 0 Å². The minimum Gasteiger partial charge on any atom is -0.295 e. The molecule has 27 heavy (non-hydrogen) atoms. The van der Waals surface area contributed by atoms with E-state index in [1.165, 1.54) is 23.5 Å². The van der Waals surface area contributed by atoms with E-state index < -0.39 is 16.0 Å². The van der Waals surface area contributed by atoms with Gasteiger partial charge in [-0.2, -0.15) is 17.0 Å². The quantitative estimate of drug-likeness (QED) is 0.704. The normalized spacial score (nSPS) is 16.9. The molecule has 1 saturated heterocycles. The van der Waals surface area contributed by atoms with Crippen LogP contribution in [0.5, 0.6) is 0 Å². The Bertz CT molecular complexity index is 878. The van der Waals surface area contributed by atoms with Crippen molar-refractivity contribution in [2.75, 3.05) is 33.2 Å². The summed E-state index contributed by atoms with van der Waals surface area (Å²) in [6.45, 7) is 4.62. The van der Waals surface area contributed by atoms with Gasteiger partial charge in [0.15, 0.2) is 0 Å². The number of aromatic nitrogens is 1. The lowest BCUT2D eigenvalue weighted by Crippen LogP contribution is -2.51. The summed E-state index contributed by atoms with van der Waals surface area (Å²) in [5.74, 6) is -0.507. The summed E-state index contributed by atoms with van der Waals surface area (Å²) in [6, 6.07) is 4.33. The molecule has 0 bridgehead atoms. The van der Waals surface area contributed by atoms with Crippen molar-refractivity contribution in [1.29, 1.82) is 0 Å². The SMILES string of the molecule is Cc1nc(CN2CCN(S(=O)(=O)N(C)Cc3c(F)cccc3Cl)CC2)cs1. The first-order chi connectivity index (χ1) is 12.8. The van der Waals surface area contributed by atoms with Crippen LogP contribution < -0.4 is 0 Å². The molecule has 1 aromatic heterocycles. The molecule has 148 valence electrons. The highest BCUT2D eigenvalue weighted by atomic mass is 35.5. The maximum Gasteiger partial charge on any atom is 0.282 e. The lowest BCUT2D eigenvalue weighted by atomic mass is 10.2. The fourth-order valence-electron chi connectivity index (χ4n) is 3.01. The molecule has 0 unspecified atom stereocenters. The Morgan fingerprint density at radius 1 is 1.30 bits per heavy atom. The third-order valence-corrected chi connectivity index (χ3v) is 7.66. The molecule has 0 spiro atoms. The number of halogens is 2. The second-order valence-electron chi connectivity index (χ2n) is 6.50. The Kier molecular flexibility index (Phi) is 6.50. The molecule has 10 heteroatoms. The molecule has 1 aliphatic rings. The van der Waals surface area contributed by atoms with Crippen molar-refractivity contribution in [3.05, 3.63) is 50.7 Å². The highest BCUT2D eigenvalue weighted by Gasteiger charge is 2.31. The fourth-order valence-corrected chi connectivity index (χ4v) is 5.15. The van der Waals surface area contributed by atoms with E-state index in [0.717, 1.165) is 21.6 Å². The van der Waals surface area contributed by atoms with Crippen LogP contribution in [0.4, 0.5) is 4.39 Å². The maximum absolute atomic E-state index is 14.0. The maximum atomic E-state index is 14.0. The summed E-state index contributed by atoms with van der Waals surface area (Å²) >= 11 is 7.63. The minimum absolute atomic E-state index is 0.105. The second kappa shape index (κ2) is 8.50. The predicted octanol–water partition coefficient (Wildman–Crippen LogP) is 2.74. The van der Waals surface area contributed by atoms with Crippen LogP contribution in [0.25, 0.3) is 0 Å². The molecule has 0 radical (unpaired) electrons. The van der Waals surface area contributed by atoms with Crippen LogP contribution >= 0.6 is 22.9 Å². The molecule has 2 heterocycles. The molecule has 0 aliphatic carbocycles. The zero-order chi connectivity index (χ0) is 19.6. The summed E-state index contributed by atoms with van der Waals surface area (Å²) in [5, 5.41) is 3.28. The van der Waals surface area contributed by atoms with Gasteiger partial charge in [0.25, 0.3) is 10.2 Å². The van der Waals surface area contributed by atoms with Gasteiger partial charge in [-0.05, 0) is 19.1 Å². The molecule has 1 aliphatic heterocycles. The Hall–Kier alpha value is -1.10. The number of piperazine rings is 1. The second-order valence-corrected chi connectivity index (χ2v) is 10.0. The van der Waals surface area contributed by atoms with Gasteiger partial charge in [-0.1, -0.05) is 17.7 Å². The lowest BCUT2D eigenvalue weighted by molar-refractivity contribution is 0.174. The first kappa shape index (κ1) is 20.6. The molecular weight excluding hydrogens is 411 g/mol. The van der Waals surface area contributed by atoms with E-state index in [4.69, 9.17) is 11.6 Å². The van der Waals surface area contributed by atoms with Crippen LogP contribution in [0.3, 0.4) is 0 Å². The molecule has 1 fully saturated rings. The molecule has 6 nitrogen and oxygen atoms in total. The first-order valence-electron chi connectivity index (χ1n) is 8.55. The van der Waals surface area contributed by atoms with Crippen LogP contribution in [-0.2, 0) is 23.3 Å². The van der Waals surface area contributed by atoms with Crippen molar-refractivity contribution in [3.8, 4) is 0 Å². The predicted molar refractivity (Wildman–Crippen MR) is 105 cm³/mol. The zero-order valence-corrected chi connectivity index (χ0v) is 17.6. The first-order valence-corrected chi connectivity index (χ1v) is 11.2. The van der Waals surface area contributed by atoms with E-state index in [2.05, 4.69) is 9.88 Å². The molecule has 0 N–H and O–H groups in total. The van der Waals surface area contributed by atoms with Crippen molar-refractivity contribution >= 4 is 33.1 Å². The molecule has 0 atom stereocenters. The minimum atomic E-state index is -3.68. The zero-order valence-electron chi connectivity index (χ0n) is 15.2. The third-order valence-electron chi connectivity index (χ3n) is 4.55. The summed E-state index contributed by atoms with van der Waals surface area (Å²) in [4.78, 5) is 6.64. The van der Waals surface area contributed by atoms with Crippen molar-refractivity contribution in [2.45, 2.75) is 20.0 Å². The largest absolute Gasteiger partial charge is 0.295 e. The number of aryl methyl sites for hydroxylation is 1. The van der Waals surface area contributed by atoms with Crippen LogP contribution in [0.2, 0.25) is 5.02 Å². The molecule has 1 aromatic carbocycles. The number of nitrogens with zero attached hydrogens (tertiary/aromatic N) is 4. The highest BCUT2D eigenvalue weighted by molar-refractivity contribution is 7.86. The van der Waals surface area contributed by atoms with E-state index in [1.54, 1.807) is 17.4 Å².